The lowest BCUT2D eigenvalue weighted by atomic mass is 9.68. The number of benzene rings is 2. The number of para-hydroxylation sites is 1. The summed E-state index contributed by atoms with van der Waals surface area (Å²) >= 11 is 3.05. The Hall–Kier alpha value is -2.64. The zero-order valence-corrected chi connectivity index (χ0v) is 22.1. The van der Waals surface area contributed by atoms with Crippen LogP contribution in [0.3, 0.4) is 0 Å². The predicted molar refractivity (Wildman–Crippen MR) is 143 cm³/mol. The summed E-state index contributed by atoms with van der Waals surface area (Å²) in [6, 6.07) is 18.2. The number of rotatable bonds is 2. The molecule has 0 radical (unpaired) electrons. The van der Waals surface area contributed by atoms with E-state index in [0.29, 0.717) is 5.69 Å². The Labute approximate surface area is 218 Å². The standard InChI is InChI=1S/C29H28N2O3S2/c1-29(2,3)15-11-9-14(10-12-15)19-20-17-13-18(23(20)35-25-24(19)36-28(34)30-25)22-21(17)26(32)31(27(22)33)16-7-5-4-6-8-16/h4-12,17-23H,13H2,1-3H3,(H,30,34)/t17?,18?,19-,20?,21?,22?,23?/m1/s1. The molecule has 2 aromatic carbocycles. The summed E-state index contributed by atoms with van der Waals surface area (Å²) in [6.07, 6.45) is 0.910. The number of imide groups is 1. The van der Waals surface area contributed by atoms with Gasteiger partial charge in [-0.05, 0) is 52.8 Å². The summed E-state index contributed by atoms with van der Waals surface area (Å²) in [4.78, 5) is 45.4. The van der Waals surface area contributed by atoms with E-state index in [1.165, 1.54) is 27.4 Å². The molecule has 3 fully saturated rings. The molecule has 2 aliphatic carbocycles. The van der Waals surface area contributed by atoms with Crippen molar-refractivity contribution in [2.75, 3.05) is 4.90 Å². The van der Waals surface area contributed by atoms with Crippen LogP contribution in [0.1, 0.15) is 49.1 Å². The van der Waals surface area contributed by atoms with Crippen LogP contribution in [0.2, 0.25) is 0 Å². The van der Waals surface area contributed by atoms with Gasteiger partial charge in [-0.1, -0.05) is 74.6 Å². The van der Waals surface area contributed by atoms with Crippen molar-refractivity contribution in [3.8, 4) is 0 Å². The van der Waals surface area contributed by atoms with Crippen molar-refractivity contribution in [1.29, 1.82) is 0 Å². The van der Waals surface area contributed by atoms with Gasteiger partial charge in [-0.25, -0.2) is 0 Å². The molecule has 2 amide bonds. The molecule has 7 rings (SSSR count). The van der Waals surface area contributed by atoms with Crippen LogP contribution in [-0.2, 0) is 15.0 Å². The number of thioether (sulfide) groups is 1. The summed E-state index contributed by atoms with van der Waals surface area (Å²) in [5, 5.41) is 1.17. The van der Waals surface area contributed by atoms with Crippen LogP contribution in [0.4, 0.5) is 5.69 Å². The number of thiazole rings is 1. The number of amides is 2. The molecule has 7 atom stereocenters. The normalized spacial score (nSPS) is 32.5. The van der Waals surface area contributed by atoms with Gasteiger partial charge in [-0.3, -0.25) is 19.3 Å². The number of nitrogens with one attached hydrogen (secondary N) is 1. The van der Waals surface area contributed by atoms with Crippen LogP contribution in [0.5, 0.6) is 0 Å². The average Bonchev–Trinajstić information content (AvgIpc) is 3.58. The van der Waals surface area contributed by atoms with Crippen LogP contribution in [-0.4, -0.2) is 22.0 Å². The van der Waals surface area contributed by atoms with E-state index in [-0.39, 0.29) is 62.9 Å². The largest absolute Gasteiger partial charge is 0.307 e. The van der Waals surface area contributed by atoms with Crippen molar-refractivity contribution in [3.05, 3.63) is 80.3 Å². The molecule has 5 nitrogen and oxygen atoms in total. The number of aromatic nitrogens is 1. The van der Waals surface area contributed by atoms with Gasteiger partial charge in [-0.15, -0.1) is 11.8 Å². The second-order valence-electron chi connectivity index (χ2n) is 11.7. The van der Waals surface area contributed by atoms with E-state index >= 15 is 0 Å². The third-order valence-corrected chi connectivity index (χ3v) is 11.5. The SMILES string of the molecule is CC(C)(C)c1ccc([C@H]2c3sc(=O)[nH]c3SC3C4CC(C5C(=O)N(c6ccccc6)C(=O)C45)C32)cc1. The van der Waals surface area contributed by atoms with Crippen LogP contribution >= 0.6 is 23.1 Å². The van der Waals surface area contributed by atoms with Gasteiger partial charge in [-0.2, -0.15) is 0 Å². The minimum atomic E-state index is -0.266. The molecule has 6 unspecified atom stereocenters. The first kappa shape index (κ1) is 22.5. The quantitative estimate of drug-likeness (QED) is 0.462. The van der Waals surface area contributed by atoms with Crippen molar-refractivity contribution in [1.82, 2.24) is 4.98 Å². The molecule has 2 bridgehead atoms. The summed E-state index contributed by atoms with van der Waals surface area (Å²) in [7, 11) is 0. The lowest BCUT2D eigenvalue weighted by molar-refractivity contribution is -0.123. The third kappa shape index (κ3) is 3.05. The molecule has 1 aromatic heterocycles. The Kier molecular flexibility index (Phi) is 4.81. The van der Waals surface area contributed by atoms with E-state index < -0.39 is 0 Å². The van der Waals surface area contributed by atoms with Gasteiger partial charge in [0.2, 0.25) is 11.8 Å². The van der Waals surface area contributed by atoms with Gasteiger partial charge in [0.1, 0.15) is 0 Å². The van der Waals surface area contributed by atoms with Crippen molar-refractivity contribution in [3.63, 3.8) is 0 Å². The zero-order valence-electron chi connectivity index (χ0n) is 20.4. The number of H-pyrrole nitrogens is 1. The highest BCUT2D eigenvalue weighted by molar-refractivity contribution is 8.00. The smallest absolute Gasteiger partial charge is 0.305 e. The number of carbonyl (C=O) groups is 2. The van der Waals surface area contributed by atoms with E-state index in [9.17, 15) is 14.4 Å². The maximum atomic E-state index is 13.8. The fourth-order valence-corrected chi connectivity index (χ4v) is 10.3. The number of hydrogen-bond donors (Lipinski definition) is 1. The van der Waals surface area contributed by atoms with Crippen molar-refractivity contribution >= 4 is 40.6 Å². The number of anilines is 1. The summed E-state index contributed by atoms with van der Waals surface area (Å²) < 4.78 is 0. The Bertz CT molecular complexity index is 1440. The lowest BCUT2D eigenvalue weighted by Gasteiger charge is -2.43. The monoisotopic (exact) mass is 516 g/mol. The Balaban J connectivity index is 1.31. The van der Waals surface area contributed by atoms with Crippen LogP contribution in [0.15, 0.2) is 64.4 Å². The molecular weight excluding hydrogens is 488 g/mol. The molecule has 1 saturated heterocycles. The predicted octanol–water partition coefficient (Wildman–Crippen LogP) is 5.41. The number of hydrogen-bond acceptors (Lipinski definition) is 5. The number of aromatic amines is 1. The molecule has 1 N–H and O–H groups in total. The molecule has 36 heavy (non-hydrogen) atoms. The highest BCUT2D eigenvalue weighted by Gasteiger charge is 2.69. The molecule has 2 saturated carbocycles. The average molecular weight is 517 g/mol. The van der Waals surface area contributed by atoms with Gasteiger partial charge in [0.05, 0.1) is 22.5 Å². The minimum Gasteiger partial charge on any atom is -0.307 e. The van der Waals surface area contributed by atoms with Crippen LogP contribution in [0, 0.1) is 29.6 Å². The molecule has 7 heteroatoms. The molecule has 2 aliphatic heterocycles. The molecule has 3 heterocycles. The molecular formula is C29H28N2O3S2. The molecule has 184 valence electrons. The number of fused-ring (bicyclic) bond motifs is 9. The van der Waals surface area contributed by atoms with E-state index in [4.69, 9.17) is 0 Å². The third-order valence-electron chi connectivity index (χ3n) is 8.87. The van der Waals surface area contributed by atoms with Crippen molar-refractivity contribution in [2.45, 2.75) is 48.8 Å². The first-order valence-corrected chi connectivity index (χ1v) is 14.4. The number of carbonyl (C=O) groups excluding carboxylic acids is 2. The molecule has 3 aromatic rings. The van der Waals surface area contributed by atoms with Gasteiger partial charge < -0.3 is 4.98 Å². The molecule has 4 aliphatic rings. The fraction of sp³-hybridized carbons (Fsp3) is 0.414. The summed E-state index contributed by atoms with van der Waals surface area (Å²) in [5.74, 6) is -0.0266. The van der Waals surface area contributed by atoms with Gasteiger partial charge in [0.15, 0.2) is 0 Å². The summed E-state index contributed by atoms with van der Waals surface area (Å²) in [5.41, 5.74) is 3.22. The van der Waals surface area contributed by atoms with Gasteiger partial charge in [0.25, 0.3) is 0 Å². The maximum Gasteiger partial charge on any atom is 0.305 e. The van der Waals surface area contributed by atoms with Crippen LogP contribution in [0.25, 0.3) is 0 Å². The minimum absolute atomic E-state index is 0.0290. The van der Waals surface area contributed by atoms with Gasteiger partial charge >= 0.3 is 4.87 Å². The van der Waals surface area contributed by atoms with E-state index in [2.05, 4.69) is 50.0 Å². The van der Waals surface area contributed by atoms with Crippen LogP contribution < -0.4 is 9.77 Å². The zero-order chi connectivity index (χ0) is 24.9. The first-order chi connectivity index (χ1) is 17.2. The second kappa shape index (κ2) is 7.68. The maximum absolute atomic E-state index is 13.8. The molecule has 0 spiro atoms. The Morgan fingerprint density at radius 1 is 0.889 bits per heavy atom. The Morgan fingerprint density at radius 2 is 1.56 bits per heavy atom. The number of nitrogens with zero attached hydrogens (tertiary/aromatic N) is 1. The highest BCUT2D eigenvalue weighted by atomic mass is 32.2. The van der Waals surface area contributed by atoms with E-state index in [1.54, 1.807) is 11.8 Å². The van der Waals surface area contributed by atoms with E-state index in [1.807, 2.05) is 30.3 Å². The lowest BCUT2D eigenvalue weighted by Crippen LogP contribution is -2.42. The Morgan fingerprint density at radius 3 is 2.22 bits per heavy atom. The topological polar surface area (TPSA) is 70.2 Å². The fourth-order valence-electron chi connectivity index (χ4n) is 7.41. The van der Waals surface area contributed by atoms with Gasteiger partial charge in [0, 0.05) is 16.0 Å². The first-order valence-electron chi connectivity index (χ1n) is 12.7. The van der Waals surface area contributed by atoms with Crippen molar-refractivity contribution < 1.29 is 9.59 Å². The van der Waals surface area contributed by atoms with E-state index in [0.717, 1.165) is 16.3 Å². The van der Waals surface area contributed by atoms with Crippen molar-refractivity contribution in [2.24, 2.45) is 29.6 Å². The summed E-state index contributed by atoms with van der Waals surface area (Å²) in [6.45, 7) is 6.63. The highest BCUT2D eigenvalue weighted by Crippen LogP contribution is 2.68. The second-order valence-corrected chi connectivity index (χ2v) is 13.9.